The lowest BCUT2D eigenvalue weighted by Gasteiger charge is -2.17. The SMILES string of the molecule is CCc1ccc2c(c1)-c1nc(C)sc1CN2. The molecule has 0 atom stereocenters. The summed E-state index contributed by atoms with van der Waals surface area (Å²) < 4.78 is 0. The van der Waals surface area contributed by atoms with E-state index >= 15 is 0 Å². The number of hydrogen-bond acceptors (Lipinski definition) is 3. The van der Waals surface area contributed by atoms with Crippen LogP contribution in [-0.4, -0.2) is 4.98 Å². The number of aromatic nitrogens is 1. The van der Waals surface area contributed by atoms with Crippen LogP contribution in [0.2, 0.25) is 0 Å². The van der Waals surface area contributed by atoms with Gasteiger partial charge in [-0.3, -0.25) is 0 Å². The van der Waals surface area contributed by atoms with Gasteiger partial charge in [0.05, 0.1) is 22.1 Å². The number of anilines is 1. The average molecular weight is 230 g/mol. The molecule has 3 heteroatoms. The largest absolute Gasteiger partial charge is 0.380 e. The summed E-state index contributed by atoms with van der Waals surface area (Å²) in [5.74, 6) is 0. The maximum atomic E-state index is 4.65. The van der Waals surface area contributed by atoms with Gasteiger partial charge in [0.2, 0.25) is 0 Å². The molecule has 0 saturated heterocycles. The Labute approximate surface area is 99.4 Å². The van der Waals surface area contributed by atoms with E-state index in [-0.39, 0.29) is 0 Å². The van der Waals surface area contributed by atoms with Gasteiger partial charge in [0.1, 0.15) is 0 Å². The number of nitrogens with one attached hydrogen (secondary N) is 1. The monoisotopic (exact) mass is 230 g/mol. The fourth-order valence-electron chi connectivity index (χ4n) is 2.14. The number of benzene rings is 1. The molecule has 0 bridgehead atoms. The lowest BCUT2D eigenvalue weighted by atomic mass is 10.0. The Kier molecular flexibility index (Phi) is 2.21. The molecule has 0 saturated carbocycles. The van der Waals surface area contributed by atoms with Crippen LogP contribution in [0, 0.1) is 6.92 Å². The number of fused-ring (bicyclic) bond motifs is 3. The number of thiazole rings is 1. The predicted octanol–water partition coefficient (Wildman–Crippen LogP) is 3.61. The van der Waals surface area contributed by atoms with Gasteiger partial charge in [-0.1, -0.05) is 13.0 Å². The minimum atomic E-state index is 0.916. The zero-order valence-corrected chi connectivity index (χ0v) is 10.3. The average Bonchev–Trinajstić information content (AvgIpc) is 2.69. The Morgan fingerprint density at radius 3 is 3.12 bits per heavy atom. The van der Waals surface area contributed by atoms with E-state index in [4.69, 9.17) is 0 Å². The fourth-order valence-corrected chi connectivity index (χ4v) is 3.03. The molecule has 0 unspecified atom stereocenters. The minimum absolute atomic E-state index is 0.916. The normalized spacial score (nSPS) is 12.9. The highest BCUT2D eigenvalue weighted by Gasteiger charge is 2.19. The van der Waals surface area contributed by atoms with E-state index in [0.29, 0.717) is 0 Å². The smallest absolute Gasteiger partial charge is 0.0905 e. The molecule has 2 heterocycles. The second kappa shape index (κ2) is 3.59. The summed E-state index contributed by atoms with van der Waals surface area (Å²) in [5.41, 5.74) is 5.05. The quantitative estimate of drug-likeness (QED) is 0.809. The third-order valence-corrected chi connectivity index (χ3v) is 3.96. The molecule has 0 aliphatic carbocycles. The van der Waals surface area contributed by atoms with E-state index in [0.717, 1.165) is 18.0 Å². The molecule has 2 aromatic rings. The molecular formula is C13H14N2S. The van der Waals surface area contributed by atoms with Gasteiger partial charge in [-0.15, -0.1) is 11.3 Å². The molecule has 82 valence electrons. The zero-order valence-electron chi connectivity index (χ0n) is 9.50. The van der Waals surface area contributed by atoms with Gasteiger partial charge in [-0.05, 0) is 31.0 Å². The molecule has 16 heavy (non-hydrogen) atoms. The lowest BCUT2D eigenvalue weighted by molar-refractivity contribution is 1.11. The van der Waals surface area contributed by atoms with Crippen LogP contribution < -0.4 is 5.32 Å². The van der Waals surface area contributed by atoms with E-state index in [1.54, 1.807) is 11.3 Å². The van der Waals surface area contributed by atoms with Crippen LogP contribution in [0.5, 0.6) is 0 Å². The first kappa shape index (κ1) is 9.85. The number of rotatable bonds is 1. The van der Waals surface area contributed by atoms with Crippen molar-refractivity contribution >= 4 is 17.0 Å². The summed E-state index contributed by atoms with van der Waals surface area (Å²) in [5, 5.41) is 4.61. The van der Waals surface area contributed by atoms with Crippen LogP contribution in [0.3, 0.4) is 0 Å². The van der Waals surface area contributed by atoms with Gasteiger partial charge < -0.3 is 5.32 Å². The van der Waals surface area contributed by atoms with Crippen molar-refractivity contribution in [3.63, 3.8) is 0 Å². The maximum Gasteiger partial charge on any atom is 0.0905 e. The van der Waals surface area contributed by atoms with Crippen molar-refractivity contribution in [3.05, 3.63) is 33.6 Å². The van der Waals surface area contributed by atoms with Crippen molar-refractivity contribution in [3.8, 4) is 11.3 Å². The van der Waals surface area contributed by atoms with Crippen molar-refractivity contribution < 1.29 is 0 Å². The van der Waals surface area contributed by atoms with E-state index < -0.39 is 0 Å². The minimum Gasteiger partial charge on any atom is -0.380 e. The van der Waals surface area contributed by atoms with Gasteiger partial charge in [-0.2, -0.15) is 0 Å². The van der Waals surface area contributed by atoms with E-state index in [9.17, 15) is 0 Å². The number of hydrogen-bond donors (Lipinski definition) is 1. The van der Waals surface area contributed by atoms with Crippen LogP contribution in [0.15, 0.2) is 18.2 Å². The molecule has 1 aliphatic rings. The van der Waals surface area contributed by atoms with Crippen LogP contribution in [0.1, 0.15) is 22.4 Å². The fraction of sp³-hybridized carbons (Fsp3) is 0.308. The summed E-state index contributed by atoms with van der Waals surface area (Å²) in [6.45, 7) is 5.18. The molecule has 3 rings (SSSR count). The number of nitrogens with zero attached hydrogens (tertiary/aromatic N) is 1. The summed E-state index contributed by atoms with van der Waals surface area (Å²) in [6.07, 6.45) is 1.08. The zero-order chi connectivity index (χ0) is 11.1. The summed E-state index contributed by atoms with van der Waals surface area (Å²) in [6, 6.07) is 6.63. The van der Waals surface area contributed by atoms with Crippen LogP contribution in [-0.2, 0) is 13.0 Å². The first-order valence-electron chi connectivity index (χ1n) is 5.61. The Bertz CT molecular complexity index is 543. The van der Waals surface area contributed by atoms with Crippen molar-refractivity contribution in [2.75, 3.05) is 5.32 Å². The Morgan fingerprint density at radius 2 is 2.31 bits per heavy atom. The number of aryl methyl sites for hydroxylation is 2. The van der Waals surface area contributed by atoms with Gasteiger partial charge in [0.25, 0.3) is 0 Å². The van der Waals surface area contributed by atoms with Gasteiger partial charge in [0, 0.05) is 11.3 Å². The van der Waals surface area contributed by atoms with Crippen molar-refractivity contribution in [1.29, 1.82) is 0 Å². The second-order valence-corrected chi connectivity index (χ2v) is 5.38. The summed E-state index contributed by atoms with van der Waals surface area (Å²) >= 11 is 1.79. The Hall–Kier alpha value is -1.35. The third-order valence-electron chi connectivity index (χ3n) is 2.99. The van der Waals surface area contributed by atoms with Crippen LogP contribution in [0.25, 0.3) is 11.3 Å². The van der Waals surface area contributed by atoms with E-state index in [1.165, 1.54) is 27.4 Å². The first-order chi connectivity index (χ1) is 7.78. The highest BCUT2D eigenvalue weighted by molar-refractivity contribution is 7.12. The van der Waals surface area contributed by atoms with Gasteiger partial charge >= 0.3 is 0 Å². The molecule has 0 amide bonds. The molecule has 2 nitrogen and oxygen atoms in total. The molecule has 0 radical (unpaired) electrons. The molecule has 1 aliphatic heterocycles. The molecule has 1 N–H and O–H groups in total. The van der Waals surface area contributed by atoms with Crippen molar-refractivity contribution in [1.82, 2.24) is 4.98 Å². The molecule has 1 aromatic heterocycles. The third kappa shape index (κ3) is 1.43. The second-order valence-electron chi connectivity index (χ2n) is 4.09. The van der Waals surface area contributed by atoms with Crippen molar-refractivity contribution in [2.24, 2.45) is 0 Å². The van der Waals surface area contributed by atoms with Crippen LogP contribution in [0.4, 0.5) is 5.69 Å². The maximum absolute atomic E-state index is 4.65. The predicted molar refractivity (Wildman–Crippen MR) is 69.0 cm³/mol. The summed E-state index contributed by atoms with van der Waals surface area (Å²) in [4.78, 5) is 6.01. The standard InChI is InChI=1S/C13H14N2S/c1-3-9-4-5-11-10(6-9)13-12(7-14-11)16-8(2)15-13/h4-6,14H,3,7H2,1-2H3. The summed E-state index contributed by atoms with van der Waals surface area (Å²) in [7, 11) is 0. The molecule has 1 aromatic carbocycles. The van der Waals surface area contributed by atoms with Gasteiger partial charge in [0.15, 0.2) is 0 Å². The van der Waals surface area contributed by atoms with Crippen LogP contribution >= 0.6 is 11.3 Å². The topological polar surface area (TPSA) is 24.9 Å². The van der Waals surface area contributed by atoms with Gasteiger partial charge in [-0.25, -0.2) is 4.98 Å². The molecule has 0 fully saturated rings. The van der Waals surface area contributed by atoms with E-state index in [2.05, 4.69) is 42.3 Å². The highest BCUT2D eigenvalue weighted by Crippen LogP contribution is 2.38. The first-order valence-corrected chi connectivity index (χ1v) is 6.43. The van der Waals surface area contributed by atoms with Crippen molar-refractivity contribution in [2.45, 2.75) is 26.8 Å². The Balaban J connectivity index is 2.21. The highest BCUT2D eigenvalue weighted by atomic mass is 32.1. The lowest BCUT2D eigenvalue weighted by Crippen LogP contribution is -2.06. The molecular weight excluding hydrogens is 216 g/mol. The van der Waals surface area contributed by atoms with E-state index in [1.807, 2.05) is 0 Å². The molecule has 0 spiro atoms. The Morgan fingerprint density at radius 1 is 1.44 bits per heavy atom.